The molecule has 10 heteroatoms. The van der Waals surface area contributed by atoms with Gasteiger partial charge in [0.15, 0.2) is 17.4 Å². The lowest BCUT2D eigenvalue weighted by Crippen LogP contribution is -2.27. The van der Waals surface area contributed by atoms with Crippen molar-refractivity contribution in [1.29, 1.82) is 0 Å². The molecule has 0 saturated heterocycles. The molecular formula is C29H32F8O2. The van der Waals surface area contributed by atoms with E-state index in [1.165, 1.54) is 38.5 Å². The van der Waals surface area contributed by atoms with Crippen molar-refractivity contribution < 1.29 is 44.6 Å². The molecule has 2 saturated carbocycles. The fraction of sp³-hybridized carbons (Fsp3) is 0.586. The summed E-state index contributed by atoms with van der Waals surface area (Å²) in [6.45, 7) is -1.36. The number of halogens is 8. The van der Waals surface area contributed by atoms with Crippen LogP contribution in [0, 0.1) is 41.0 Å². The van der Waals surface area contributed by atoms with Crippen molar-refractivity contribution in [3.8, 4) is 11.5 Å². The smallest absolute Gasteiger partial charge is 0.429 e. The van der Waals surface area contributed by atoms with Gasteiger partial charge < -0.3 is 9.47 Å². The summed E-state index contributed by atoms with van der Waals surface area (Å²) in [6, 6.07) is 2.04. The lowest BCUT2D eigenvalue weighted by Gasteiger charge is -2.38. The first-order valence-electron chi connectivity index (χ1n) is 13.5. The molecule has 2 aromatic rings. The first-order chi connectivity index (χ1) is 18.5. The Kier molecular flexibility index (Phi) is 9.32. The molecule has 2 nitrogen and oxygen atoms in total. The zero-order valence-corrected chi connectivity index (χ0v) is 21.6. The topological polar surface area (TPSA) is 18.5 Å². The van der Waals surface area contributed by atoms with E-state index < -0.39 is 53.1 Å². The summed E-state index contributed by atoms with van der Waals surface area (Å²) in [7, 11) is 0. The minimum absolute atomic E-state index is 0.160. The summed E-state index contributed by atoms with van der Waals surface area (Å²) in [5.74, 6) is -7.39. The highest BCUT2D eigenvalue weighted by Gasteiger charge is 2.42. The Morgan fingerprint density at radius 3 is 1.77 bits per heavy atom. The van der Waals surface area contributed by atoms with Gasteiger partial charge in [-0.1, -0.05) is 32.6 Å². The Balaban J connectivity index is 1.42. The molecule has 2 aliphatic rings. The van der Waals surface area contributed by atoms with E-state index in [1.54, 1.807) is 0 Å². The van der Waals surface area contributed by atoms with Gasteiger partial charge in [-0.15, -0.1) is 0 Å². The van der Waals surface area contributed by atoms with Gasteiger partial charge in [0.25, 0.3) is 0 Å². The Morgan fingerprint density at radius 1 is 0.769 bits per heavy atom. The molecule has 0 atom stereocenters. The number of alkyl halides is 4. The molecular weight excluding hydrogens is 532 g/mol. The number of rotatable bonds is 9. The maximum atomic E-state index is 14.8. The highest BCUT2D eigenvalue weighted by molar-refractivity contribution is 5.36. The fourth-order valence-electron chi connectivity index (χ4n) is 6.38. The zero-order chi connectivity index (χ0) is 28.3. The van der Waals surface area contributed by atoms with Gasteiger partial charge in [-0.2, -0.15) is 17.6 Å². The predicted molar refractivity (Wildman–Crippen MR) is 129 cm³/mol. The summed E-state index contributed by atoms with van der Waals surface area (Å²) < 4.78 is 119. The molecule has 0 aliphatic heterocycles. The third-order valence-corrected chi connectivity index (χ3v) is 8.28. The zero-order valence-electron chi connectivity index (χ0n) is 21.6. The van der Waals surface area contributed by atoms with E-state index >= 15 is 0 Å². The molecule has 0 aromatic heterocycles. The van der Waals surface area contributed by atoms with Crippen LogP contribution < -0.4 is 9.47 Å². The molecule has 0 bridgehead atoms. The summed E-state index contributed by atoms with van der Waals surface area (Å²) in [6.07, 6.45) is 5.99. The second-order valence-corrected chi connectivity index (χ2v) is 10.8. The summed E-state index contributed by atoms with van der Waals surface area (Å²) in [4.78, 5) is 0. The number of hydrogen-bond acceptors (Lipinski definition) is 2. The summed E-state index contributed by atoms with van der Waals surface area (Å²) in [5.41, 5.74) is -1.43. The molecule has 0 unspecified atom stereocenters. The van der Waals surface area contributed by atoms with Crippen molar-refractivity contribution in [1.82, 2.24) is 0 Å². The SMILES string of the molecule is CCC[C@H]1CC[C@H]([C@H]2CC[C@H](c3cc(F)c(C(F)(F)Oc4cc(F)c(OC(F)F)c(F)c4)c(F)c3)CC2)CC1. The van der Waals surface area contributed by atoms with Gasteiger partial charge in [0, 0.05) is 12.1 Å². The molecule has 39 heavy (non-hydrogen) atoms. The van der Waals surface area contributed by atoms with Crippen molar-refractivity contribution in [3.05, 3.63) is 58.7 Å². The average Bonchev–Trinajstić information content (AvgIpc) is 2.86. The normalized spacial score (nSPS) is 24.2. The third-order valence-electron chi connectivity index (χ3n) is 8.28. The predicted octanol–water partition coefficient (Wildman–Crippen LogP) is 9.85. The standard InChI is InChI=1S/C29H32F8O2/c1-2-3-16-4-6-17(7-5-16)18-8-10-19(11-9-18)20-12-22(30)26(23(31)13-20)29(36,37)39-21-14-24(32)27(25(33)15-21)38-28(34)35/h12-19,28H,2-11H2,1H3/t16-,17-,18-,19-. The van der Waals surface area contributed by atoms with Crippen molar-refractivity contribution in [2.24, 2.45) is 17.8 Å². The van der Waals surface area contributed by atoms with Gasteiger partial charge in [0.05, 0.1) is 0 Å². The van der Waals surface area contributed by atoms with Crippen molar-refractivity contribution in [3.63, 3.8) is 0 Å². The van der Waals surface area contributed by atoms with Crippen LogP contribution in [0.5, 0.6) is 11.5 Å². The van der Waals surface area contributed by atoms with Gasteiger partial charge in [-0.05, 0) is 79.9 Å². The molecule has 0 heterocycles. The Morgan fingerprint density at radius 2 is 1.28 bits per heavy atom. The highest BCUT2D eigenvalue weighted by atomic mass is 19.3. The van der Waals surface area contributed by atoms with Crippen LogP contribution in [0.1, 0.15) is 88.2 Å². The Bertz CT molecular complexity index is 1080. The minimum Gasteiger partial charge on any atom is -0.429 e. The van der Waals surface area contributed by atoms with E-state index in [1.807, 2.05) is 0 Å². The second kappa shape index (κ2) is 12.3. The molecule has 216 valence electrons. The van der Waals surface area contributed by atoms with Crippen LogP contribution in [0.15, 0.2) is 24.3 Å². The second-order valence-electron chi connectivity index (χ2n) is 10.8. The van der Waals surface area contributed by atoms with E-state index in [2.05, 4.69) is 16.4 Å². The Hall–Kier alpha value is -2.52. The van der Waals surface area contributed by atoms with Crippen molar-refractivity contribution >= 4 is 0 Å². The highest BCUT2D eigenvalue weighted by Crippen LogP contribution is 2.45. The molecule has 0 spiro atoms. The van der Waals surface area contributed by atoms with Gasteiger partial charge in [-0.3, -0.25) is 0 Å². The number of ether oxygens (including phenoxy) is 2. The van der Waals surface area contributed by atoms with Crippen molar-refractivity contribution in [2.45, 2.75) is 89.8 Å². The summed E-state index contributed by atoms with van der Waals surface area (Å²) in [5, 5.41) is 0. The quantitative estimate of drug-likeness (QED) is 0.282. The monoisotopic (exact) mass is 564 g/mol. The van der Waals surface area contributed by atoms with Gasteiger partial charge in [0.2, 0.25) is 0 Å². The van der Waals surface area contributed by atoms with Gasteiger partial charge in [-0.25, -0.2) is 17.6 Å². The van der Waals surface area contributed by atoms with E-state index in [9.17, 15) is 35.1 Å². The molecule has 0 amide bonds. The van der Waals surface area contributed by atoms with Crippen LogP contribution in [0.4, 0.5) is 35.1 Å². The molecule has 2 aromatic carbocycles. The minimum atomic E-state index is -4.65. The molecule has 0 N–H and O–H groups in total. The van der Waals surface area contributed by atoms with Gasteiger partial charge in [0.1, 0.15) is 22.9 Å². The van der Waals surface area contributed by atoms with E-state index in [4.69, 9.17) is 0 Å². The summed E-state index contributed by atoms with van der Waals surface area (Å²) >= 11 is 0. The Labute approximate surface area is 222 Å². The van der Waals surface area contributed by atoms with Crippen LogP contribution in [-0.4, -0.2) is 6.61 Å². The van der Waals surface area contributed by atoms with Crippen LogP contribution >= 0.6 is 0 Å². The maximum Gasteiger partial charge on any atom is 0.432 e. The van der Waals surface area contributed by atoms with Gasteiger partial charge >= 0.3 is 12.7 Å². The van der Waals surface area contributed by atoms with Crippen LogP contribution in [0.25, 0.3) is 0 Å². The fourth-order valence-corrected chi connectivity index (χ4v) is 6.38. The molecule has 0 radical (unpaired) electrons. The van der Waals surface area contributed by atoms with Crippen molar-refractivity contribution in [2.75, 3.05) is 0 Å². The lowest BCUT2D eigenvalue weighted by atomic mass is 9.68. The maximum absolute atomic E-state index is 14.8. The first kappa shape index (κ1) is 29.5. The average molecular weight is 565 g/mol. The lowest BCUT2D eigenvalue weighted by molar-refractivity contribution is -0.189. The largest absolute Gasteiger partial charge is 0.432 e. The molecule has 2 fully saturated rings. The van der Waals surface area contributed by atoms with Crippen LogP contribution in [0.3, 0.4) is 0 Å². The third kappa shape index (κ3) is 6.98. The van der Waals surface area contributed by atoms with Crippen LogP contribution in [0.2, 0.25) is 0 Å². The van der Waals surface area contributed by atoms with Crippen LogP contribution in [-0.2, 0) is 6.11 Å². The number of benzene rings is 2. The van der Waals surface area contributed by atoms with E-state index in [0.29, 0.717) is 24.7 Å². The first-order valence-corrected chi connectivity index (χ1v) is 13.5. The number of hydrogen-bond donors (Lipinski definition) is 0. The molecule has 2 aliphatic carbocycles. The molecule has 4 rings (SSSR count). The van der Waals surface area contributed by atoms with E-state index in [0.717, 1.165) is 30.9 Å². The van der Waals surface area contributed by atoms with E-state index in [-0.39, 0.29) is 23.6 Å².